The topological polar surface area (TPSA) is 139 Å². The van der Waals surface area contributed by atoms with Gasteiger partial charge in [-0.1, -0.05) is 6.92 Å². The van der Waals surface area contributed by atoms with E-state index in [2.05, 4.69) is 9.71 Å². The Hall–Kier alpha value is -3.27. The fourth-order valence-corrected chi connectivity index (χ4v) is 3.45. The molecule has 0 bridgehead atoms. The highest BCUT2D eigenvalue weighted by Gasteiger charge is 2.19. The van der Waals surface area contributed by atoms with Gasteiger partial charge in [-0.15, -0.1) is 0 Å². The van der Waals surface area contributed by atoms with Crippen molar-refractivity contribution in [3.63, 3.8) is 0 Å². The van der Waals surface area contributed by atoms with Gasteiger partial charge in [0, 0.05) is 6.07 Å². The molecular weight excluding hydrogens is 376 g/mol. The van der Waals surface area contributed by atoms with E-state index >= 15 is 0 Å². The molecule has 0 unspecified atom stereocenters. The lowest BCUT2D eigenvalue weighted by atomic mass is 10.2. The molecule has 9 nitrogen and oxygen atoms in total. The summed E-state index contributed by atoms with van der Waals surface area (Å²) >= 11 is 0. The summed E-state index contributed by atoms with van der Waals surface area (Å²) in [7, 11) is -4.08. The molecule has 27 heavy (non-hydrogen) atoms. The number of aromatic nitrogens is 1. The van der Waals surface area contributed by atoms with Crippen molar-refractivity contribution in [3.05, 3.63) is 52.5 Å². The minimum absolute atomic E-state index is 0.000955. The van der Waals surface area contributed by atoms with Crippen LogP contribution in [-0.4, -0.2) is 31.1 Å². The number of fused-ring (bicyclic) bond motifs is 1. The maximum absolute atomic E-state index is 12.7. The molecular formula is C17H16N2O7S. The predicted molar refractivity (Wildman–Crippen MR) is 96.8 cm³/mol. The second kappa shape index (κ2) is 7.16. The number of carbonyl (C=O) groups is 1. The molecule has 0 saturated carbocycles. The van der Waals surface area contributed by atoms with Crippen LogP contribution in [0.4, 0.5) is 5.69 Å². The lowest BCUT2D eigenvalue weighted by Crippen LogP contribution is -2.14. The van der Waals surface area contributed by atoms with Crippen molar-refractivity contribution in [1.82, 2.24) is 4.98 Å². The second-order valence-electron chi connectivity index (χ2n) is 5.64. The standard InChI is InChI=1S/C17H16N2O7S/c1-2-7-25-14-6-3-10(16(20)21)8-13(14)19-27(23,24)11-4-5-12-15(9-11)26-17(22)18-12/h3-6,8-9,19H,2,7H2,1H3,(H,18,22)(H,20,21). The number of H-pyrrole nitrogens is 1. The van der Waals surface area contributed by atoms with Crippen LogP contribution in [0.2, 0.25) is 0 Å². The number of aromatic amines is 1. The molecule has 2 aromatic carbocycles. The van der Waals surface area contributed by atoms with Crippen LogP contribution >= 0.6 is 0 Å². The molecule has 0 saturated heterocycles. The molecule has 3 aromatic rings. The summed E-state index contributed by atoms with van der Waals surface area (Å²) in [6, 6.07) is 7.79. The number of ether oxygens (including phenoxy) is 1. The number of oxazole rings is 1. The first-order valence-electron chi connectivity index (χ1n) is 7.96. The molecule has 3 rings (SSSR count). The number of aromatic carboxylic acids is 1. The summed E-state index contributed by atoms with van der Waals surface area (Å²) < 4.78 is 38.1. The van der Waals surface area contributed by atoms with Crippen LogP contribution < -0.4 is 15.2 Å². The first-order chi connectivity index (χ1) is 12.8. The summed E-state index contributed by atoms with van der Waals surface area (Å²) in [4.78, 5) is 24.7. The van der Waals surface area contributed by atoms with E-state index in [0.29, 0.717) is 18.5 Å². The Morgan fingerprint density at radius 2 is 2.04 bits per heavy atom. The Balaban J connectivity index is 2.00. The van der Waals surface area contributed by atoms with Gasteiger partial charge < -0.3 is 14.3 Å². The highest BCUT2D eigenvalue weighted by molar-refractivity contribution is 7.92. The molecule has 0 spiro atoms. The highest BCUT2D eigenvalue weighted by atomic mass is 32.2. The Kier molecular flexibility index (Phi) is 4.91. The van der Waals surface area contributed by atoms with Crippen LogP contribution in [0.1, 0.15) is 23.7 Å². The monoisotopic (exact) mass is 392 g/mol. The second-order valence-corrected chi connectivity index (χ2v) is 7.32. The zero-order chi connectivity index (χ0) is 19.6. The van der Waals surface area contributed by atoms with Crippen molar-refractivity contribution in [2.45, 2.75) is 18.2 Å². The summed E-state index contributed by atoms with van der Waals surface area (Å²) in [6.07, 6.45) is 0.691. The van der Waals surface area contributed by atoms with E-state index in [9.17, 15) is 18.0 Å². The minimum Gasteiger partial charge on any atom is -0.491 e. The van der Waals surface area contributed by atoms with Crippen molar-refractivity contribution in [1.29, 1.82) is 0 Å². The van der Waals surface area contributed by atoms with Crippen molar-refractivity contribution in [2.24, 2.45) is 0 Å². The Labute approximate surface area is 153 Å². The van der Waals surface area contributed by atoms with E-state index in [1.165, 1.54) is 36.4 Å². The number of anilines is 1. The molecule has 1 aromatic heterocycles. The van der Waals surface area contributed by atoms with Crippen LogP contribution in [0.3, 0.4) is 0 Å². The van der Waals surface area contributed by atoms with E-state index in [4.69, 9.17) is 14.3 Å². The zero-order valence-electron chi connectivity index (χ0n) is 14.2. The Morgan fingerprint density at radius 1 is 1.26 bits per heavy atom. The SMILES string of the molecule is CCCOc1ccc(C(=O)O)cc1NS(=O)(=O)c1ccc2[nH]c(=O)oc2c1. The number of benzene rings is 2. The smallest absolute Gasteiger partial charge is 0.417 e. The molecule has 10 heteroatoms. The van der Waals surface area contributed by atoms with Gasteiger partial charge in [-0.2, -0.15) is 0 Å². The molecule has 0 fully saturated rings. The first-order valence-corrected chi connectivity index (χ1v) is 9.44. The Bertz CT molecular complexity index is 1160. The largest absolute Gasteiger partial charge is 0.491 e. The average Bonchev–Trinajstić information content (AvgIpc) is 2.99. The van der Waals surface area contributed by atoms with Crippen molar-refractivity contribution in [2.75, 3.05) is 11.3 Å². The summed E-state index contributed by atoms with van der Waals surface area (Å²) in [5.74, 6) is -1.69. The van der Waals surface area contributed by atoms with Gasteiger partial charge in [0.25, 0.3) is 10.0 Å². The average molecular weight is 392 g/mol. The number of carboxylic acid groups (broad SMARTS) is 1. The number of rotatable bonds is 7. The third-order valence-corrected chi connectivity index (χ3v) is 5.00. The maximum Gasteiger partial charge on any atom is 0.417 e. The van der Waals surface area contributed by atoms with E-state index in [1.807, 2.05) is 6.92 Å². The summed E-state index contributed by atoms with van der Waals surface area (Å²) in [6.45, 7) is 2.22. The van der Waals surface area contributed by atoms with Crippen LogP contribution in [-0.2, 0) is 10.0 Å². The minimum atomic E-state index is -4.08. The fraction of sp³-hybridized carbons (Fsp3) is 0.176. The van der Waals surface area contributed by atoms with Crippen molar-refractivity contribution in [3.8, 4) is 5.75 Å². The predicted octanol–water partition coefficient (Wildman–Crippen LogP) is 2.41. The van der Waals surface area contributed by atoms with E-state index < -0.39 is 21.7 Å². The van der Waals surface area contributed by atoms with Gasteiger partial charge in [0.05, 0.1) is 28.3 Å². The van der Waals surface area contributed by atoms with Crippen LogP contribution in [0.25, 0.3) is 11.1 Å². The van der Waals surface area contributed by atoms with Crippen LogP contribution in [0.15, 0.2) is 50.5 Å². The molecule has 0 aliphatic heterocycles. The lowest BCUT2D eigenvalue weighted by molar-refractivity contribution is 0.0697. The van der Waals surface area contributed by atoms with Gasteiger partial charge in [0.15, 0.2) is 5.58 Å². The van der Waals surface area contributed by atoms with Gasteiger partial charge in [-0.25, -0.2) is 18.0 Å². The summed E-state index contributed by atoms with van der Waals surface area (Å²) in [5.41, 5.74) is 0.353. The number of hydrogen-bond acceptors (Lipinski definition) is 6. The quantitative estimate of drug-likeness (QED) is 0.561. The normalized spacial score (nSPS) is 11.4. The maximum atomic E-state index is 12.7. The van der Waals surface area contributed by atoms with Crippen molar-refractivity contribution < 1.29 is 27.5 Å². The van der Waals surface area contributed by atoms with E-state index in [1.54, 1.807) is 0 Å². The number of sulfonamides is 1. The molecule has 0 aliphatic carbocycles. The molecule has 0 amide bonds. The lowest BCUT2D eigenvalue weighted by Gasteiger charge is -2.14. The molecule has 0 atom stereocenters. The van der Waals surface area contributed by atoms with E-state index in [0.717, 1.165) is 0 Å². The number of carboxylic acids is 1. The molecule has 142 valence electrons. The fourth-order valence-electron chi connectivity index (χ4n) is 2.38. The molecule has 0 radical (unpaired) electrons. The van der Waals surface area contributed by atoms with Gasteiger partial charge in [0.2, 0.25) is 0 Å². The molecule has 0 aliphatic rings. The summed E-state index contributed by atoms with van der Waals surface area (Å²) in [5, 5.41) is 9.15. The first kappa shape index (κ1) is 18.5. The third kappa shape index (κ3) is 3.95. The number of nitrogens with one attached hydrogen (secondary N) is 2. The Morgan fingerprint density at radius 3 is 2.74 bits per heavy atom. The highest BCUT2D eigenvalue weighted by Crippen LogP contribution is 2.29. The zero-order valence-corrected chi connectivity index (χ0v) is 15.0. The van der Waals surface area contributed by atoms with Gasteiger partial charge in [0.1, 0.15) is 5.75 Å². The van der Waals surface area contributed by atoms with E-state index in [-0.39, 0.29) is 27.5 Å². The van der Waals surface area contributed by atoms with Crippen LogP contribution in [0.5, 0.6) is 5.75 Å². The van der Waals surface area contributed by atoms with Gasteiger partial charge >= 0.3 is 11.7 Å². The third-order valence-electron chi connectivity index (χ3n) is 3.64. The van der Waals surface area contributed by atoms with Gasteiger partial charge in [-0.05, 0) is 36.8 Å². The van der Waals surface area contributed by atoms with Gasteiger partial charge in [-0.3, -0.25) is 9.71 Å². The molecule has 1 heterocycles. The van der Waals surface area contributed by atoms with Crippen molar-refractivity contribution >= 4 is 32.8 Å². The number of hydrogen-bond donors (Lipinski definition) is 3. The van der Waals surface area contributed by atoms with Crippen LogP contribution in [0, 0.1) is 0 Å². The molecule has 3 N–H and O–H groups in total.